The van der Waals surface area contributed by atoms with Gasteiger partial charge in [-0.05, 0) is 36.0 Å². The molecular formula is C22H22N4O4. The molecule has 0 radical (unpaired) electrons. The summed E-state index contributed by atoms with van der Waals surface area (Å²) in [7, 11) is 2.03. The lowest BCUT2D eigenvalue weighted by molar-refractivity contribution is -0.136. The molecule has 2 saturated heterocycles. The highest BCUT2D eigenvalue weighted by Gasteiger charge is 2.56. The number of aromatic nitrogens is 2. The number of carbonyl (C=O) groups excluding carboxylic acids is 3. The van der Waals surface area contributed by atoms with Gasteiger partial charge in [0.2, 0.25) is 11.8 Å². The largest absolute Gasteiger partial charge is 0.381 e. The van der Waals surface area contributed by atoms with E-state index in [1.54, 1.807) is 4.90 Å². The molecule has 4 aliphatic rings. The van der Waals surface area contributed by atoms with E-state index in [1.807, 2.05) is 31.4 Å². The monoisotopic (exact) mass is 406 g/mol. The maximum absolute atomic E-state index is 12.9. The highest BCUT2D eigenvalue weighted by Crippen LogP contribution is 2.57. The zero-order valence-corrected chi connectivity index (χ0v) is 16.6. The summed E-state index contributed by atoms with van der Waals surface area (Å²) in [5.74, 6) is 1.96. The average Bonchev–Trinajstić information content (AvgIpc) is 3.09. The number of hydrogen-bond acceptors (Lipinski definition) is 5. The Bertz CT molecular complexity index is 1100. The lowest BCUT2D eigenvalue weighted by Gasteiger charge is -2.29. The summed E-state index contributed by atoms with van der Waals surface area (Å²) in [6, 6.07) is 5.16. The van der Waals surface area contributed by atoms with Gasteiger partial charge in [-0.3, -0.25) is 19.7 Å². The van der Waals surface area contributed by atoms with Gasteiger partial charge in [-0.25, -0.2) is 4.98 Å². The van der Waals surface area contributed by atoms with Crippen LogP contribution in [0.4, 0.5) is 0 Å². The van der Waals surface area contributed by atoms with E-state index >= 15 is 0 Å². The second-order valence-corrected chi connectivity index (χ2v) is 8.76. The van der Waals surface area contributed by atoms with Crippen molar-refractivity contribution in [3.05, 3.63) is 41.3 Å². The summed E-state index contributed by atoms with van der Waals surface area (Å²) in [4.78, 5) is 43.0. The van der Waals surface area contributed by atoms with Gasteiger partial charge in [0.05, 0.1) is 18.9 Å². The molecule has 3 aliphatic heterocycles. The second kappa shape index (κ2) is 6.25. The zero-order chi connectivity index (χ0) is 20.6. The molecule has 0 bridgehead atoms. The van der Waals surface area contributed by atoms with Crippen molar-refractivity contribution in [3.63, 3.8) is 0 Å². The Balaban J connectivity index is 1.26. The Morgan fingerprint density at radius 2 is 1.97 bits per heavy atom. The third-order valence-corrected chi connectivity index (χ3v) is 6.98. The summed E-state index contributed by atoms with van der Waals surface area (Å²) in [5.41, 5.74) is 3.38. The normalized spacial score (nSPS) is 29.8. The predicted molar refractivity (Wildman–Crippen MR) is 105 cm³/mol. The maximum atomic E-state index is 12.9. The minimum absolute atomic E-state index is 0.154. The van der Waals surface area contributed by atoms with Crippen molar-refractivity contribution >= 4 is 17.7 Å². The van der Waals surface area contributed by atoms with Gasteiger partial charge >= 0.3 is 0 Å². The standard InChI is InChI=1S/C22H22N4O4/c1-25-8-16(23-20(25)19-14-9-30-10-15(14)19)11-2-3-13-12(6-11)7-26(22(13)29)17-4-5-18(27)24-21(17)28/h2-3,6,8,14-15,17,19H,4-5,7,9-10H2,1H3,(H,24,27,28)/t14-,15+,17-,19?/m1/s1. The van der Waals surface area contributed by atoms with Crippen molar-refractivity contribution < 1.29 is 19.1 Å². The highest BCUT2D eigenvalue weighted by atomic mass is 16.5. The molecule has 3 fully saturated rings. The third kappa shape index (κ3) is 2.56. The molecule has 8 nitrogen and oxygen atoms in total. The van der Waals surface area contributed by atoms with E-state index in [1.165, 1.54) is 0 Å². The zero-order valence-electron chi connectivity index (χ0n) is 16.6. The topological polar surface area (TPSA) is 93.5 Å². The number of rotatable bonds is 3. The van der Waals surface area contributed by atoms with E-state index in [-0.39, 0.29) is 24.1 Å². The van der Waals surface area contributed by atoms with Gasteiger partial charge in [-0.2, -0.15) is 0 Å². The van der Waals surface area contributed by atoms with Crippen LogP contribution in [0, 0.1) is 11.8 Å². The minimum Gasteiger partial charge on any atom is -0.381 e. The summed E-state index contributed by atoms with van der Waals surface area (Å²) >= 11 is 0. The molecule has 1 unspecified atom stereocenters. The molecule has 3 amide bonds. The maximum Gasteiger partial charge on any atom is 0.255 e. The van der Waals surface area contributed by atoms with Gasteiger partial charge in [-0.1, -0.05) is 6.07 Å². The summed E-state index contributed by atoms with van der Waals surface area (Å²) in [6.45, 7) is 2.03. The van der Waals surface area contributed by atoms with Crippen molar-refractivity contribution in [2.45, 2.75) is 31.3 Å². The van der Waals surface area contributed by atoms with E-state index in [0.717, 1.165) is 35.9 Å². The number of piperidine rings is 1. The van der Waals surface area contributed by atoms with E-state index in [2.05, 4.69) is 9.88 Å². The van der Waals surface area contributed by atoms with Gasteiger partial charge in [0.25, 0.3) is 5.91 Å². The Hall–Kier alpha value is -3.00. The van der Waals surface area contributed by atoms with E-state index < -0.39 is 6.04 Å². The first-order valence-corrected chi connectivity index (χ1v) is 10.4. The molecule has 154 valence electrons. The first-order chi connectivity index (χ1) is 14.5. The molecule has 1 N–H and O–H groups in total. The Morgan fingerprint density at radius 1 is 1.17 bits per heavy atom. The van der Waals surface area contributed by atoms with Crippen LogP contribution >= 0.6 is 0 Å². The van der Waals surface area contributed by atoms with Crippen molar-refractivity contribution in [2.24, 2.45) is 18.9 Å². The molecule has 4 atom stereocenters. The number of fused-ring (bicyclic) bond motifs is 2. The SMILES string of the molecule is Cn1cc(-c2ccc3c(c2)CN([C@@H]2CCC(=O)NC2=O)C3=O)nc1C1[C@H]2COC[C@@H]12. The number of imidazole rings is 1. The fraction of sp³-hybridized carbons (Fsp3) is 0.455. The van der Waals surface area contributed by atoms with Crippen molar-refractivity contribution in [1.29, 1.82) is 0 Å². The van der Waals surface area contributed by atoms with Gasteiger partial charge in [0, 0.05) is 43.3 Å². The van der Waals surface area contributed by atoms with Crippen LogP contribution in [0.2, 0.25) is 0 Å². The number of carbonyl (C=O) groups is 3. The summed E-state index contributed by atoms with van der Waals surface area (Å²) in [6.07, 6.45) is 2.67. The van der Waals surface area contributed by atoms with Crippen molar-refractivity contribution in [3.8, 4) is 11.3 Å². The molecular weight excluding hydrogens is 384 g/mol. The number of hydrogen-bond donors (Lipinski definition) is 1. The highest BCUT2D eigenvalue weighted by molar-refractivity contribution is 6.05. The summed E-state index contributed by atoms with van der Waals surface area (Å²) in [5, 5.41) is 2.34. The smallest absolute Gasteiger partial charge is 0.255 e. The molecule has 8 heteroatoms. The van der Waals surface area contributed by atoms with Crippen LogP contribution in [0.25, 0.3) is 11.3 Å². The Morgan fingerprint density at radius 3 is 2.73 bits per heavy atom. The van der Waals surface area contributed by atoms with Crippen molar-refractivity contribution in [2.75, 3.05) is 13.2 Å². The minimum atomic E-state index is -0.594. The molecule has 2 aromatic rings. The van der Waals surface area contributed by atoms with Crippen LogP contribution < -0.4 is 5.32 Å². The van der Waals surface area contributed by atoms with Crippen LogP contribution in [-0.2, 0) is 27.9 Å². The molecule has 1 aliphatic carbocycles. The van der Waals surface area contributed by atoms with Gasteiger partial charge in [-0.15, -0.1) is 0 Å². The Kier molecular flexibility index (Phi) is 3.71. The molecule has 30 heavy (non-hydrogen) atoms. The van der Waals surface area contributed by atoms with Gasteiger partial charge in [0.15, 0.2) is 0 Å². The lowest BCUT2D eigenvalue weighted by Crippen LogP contribution is -2.52. The van der Waals surface area contributed by atoms with E-state index in [0.29, 0.717) is 36.3 Å². The van der Waals surface area contributed by atoms with E-state index in [4.69, 9.17) is 9.72 Å². The molecule has 4 heterocycles. The van der Waals surface area contributed by atoms with Gasteiger partial charge in [0.1, 0.15) is 11.9 Å². The number of nitrogens with one attached hydrogen (secondary N) is 1. The fourth-order valence-electron chi connectivity index (χ4n) is 5.29. The number of aryl methyl sites for hydroxylation is 1. The first kappa shape index (κ1) is 17.8. The van der Waals surface area contributed by atoms with Crippen LogP contribution in [0.5, 0.6) is 0 Å². The number of benzene rings is 1. The fourth-order valence-corrected chi connectivity index (χ4v) is 5.29. The predicted octanol–water partition coefficient (Wildman–Crippen LogP) is 1.21. The quantitative estimate of drug-likeness (QED) is 0.774. The lowest BCUT2D eigenvalue weighted by atomic mass is 10.0. The van der Waals surface area contributed by atoms with Crippen LogP contribution in [0.3, 0.4) is 0 Å². The first-order valence-electron chi connectivity index (χ1n) is 10.4. The summed E-state index contributed by atoms with van der Waals surface area (Å²) < 4.78 is 7.61. The van der Waals surface area contributed by atoms with Crippen LogP contribution in [0.1, 0.15) is 40.5 Å². The number of ether oxygens (including phenoxy) is 1. The van der Waals surface area contributed by atoms with E-state index in [9.17, 15) is 14.4 Å². The van der Waals surface area contributed by atoms with Crippen LogP contribution in [-0.4, -0.2) is 51.4 Å². The molecule has 1 saturated carbocycles. The number of nitrogens with zero attached hydrogens (tertiary/aromatic N) is 3. The third-order valence-electron chi connectivity index (χ3n) is 6.98. The van der Waals surface area contributed by atoms with Crippen LogP contribution in [0.15, 0.2) is 24.4 Å². The molecule has 6 rings (SSSR count). The Labute approximate surface area is 173 Å². The van der Waals surface area contributed by atoms with Gasteiger partial charge < -0.3 is 14.2 Å². The number of amides is 3. The average molecular weight is 406 g/mol. The molecule has 1 aromatic heterocycles. The number of imide groups is 1. The molecule has 1 aromatic carbocycles. The second-order valence-electron chi connectivity index (χ2n) is 8.76. The van der Waals surface area contributed by atoms with Crippen molar-refractivity contribution in [1.82, 2.24) is 19.8 Å². The molecule has 0 spiro atoms.